The van der Waals surface area contributed by atoms with E-state index in [1.165, 1.54) is 11.3 Å². The number of aryl methyl sites for hydroxylation is 1. The third-order valence-electron chi connectivity index (χ3n) is 5.61. The number of nitrogens with zero attached hydrogens (tertiary/aromatic N) is 5. The molecule has 0 atom stereocenters. The van der Waals surface area contributed by atoms with Crippen LogP contribution < -0.4 is 4.80 Å². The Balaban J connectivity index is 1.75. The molecule has 1 N–H and O–H groups in total. The molecule has 190 valence electrons. The number of carbonyl (C=O) groups excluding carboxylic acids is 2. The first-order valence-corrected chi connectivity index (χ1v) is 12.8. The molecule has 37 heavy (non-hydrogen) atoms. The van der Waals surface area contributed by atoms with E-state index < -0.39 is 11.9 Å². The van der Waals surface area contributed by atoms with Crippen molar-refractivity contribution in [2.24, 2.45) is 4.99 Å². The minimum absolute atomic E-state index is 0.256. The van der Waals surface area contributed by atoms with Gasteiger partial charge >= 0.3 is 5.97 Å². The standard InChI is InChI=1S/C27H28N6O3S/c1-5-9-22-23(26(35)36-6-2)33(27(37-22)28-25(34)17(3)4)16-18-12-14-19(15-13-18)20-10-7-8-11-21(20)24-29-31-32-30-24/h7-8,10-15H,3,5-6,9,16H2,1-2,4H3,(H,29,30,31,32). The molecule has 2 aromatic carbocycles. The average molecular weight is 517 g/mol. The van der Waals surface area contributed by atoms with Crippen molar-refractivity contribution < 1.29 is 14.3 Å². The van der Waals surface area contributed by atoms with Crippen molar-refractivity contribution in [3.63, 3.8) is 0 Å². The number of carbonyl (C=O) groups is 2. The summed E-state index contributed by atoms with van der Waals surface area (Å²) in [5.41, 5.74) is 4.53. The van der Waals surface area contributed by atoms with Crippen molar-refractivity contribution >= 4 is 23.2 Å². The molecule has 2 heterocycles. The van der Waals surface area contributed by atoms with Crippen molar-refractivity contribution in [3.8, 4) is 22.5 Å². The van der Waals surface area contributed by atoms with Crippen LogP contribution in [0.3, 0.4) is 0 Å². The summed E-state index contributed by atoms with van der Waals surface area (Å²) >= 11 is 1.34. The Hall–Kier alpha value is -4.18. The summed E-state index contributed by atoms with van der Waals surface area (Å²) in [5.74, 6) is -0.316. The Labute approximate surface area is 218 Å². The number of aromatic nitrogens is 5. The number of benzene rings is 2. The van der Waals surface area contributed by atoms with Gasteiger partial charge in [0.05, 0.1) is 13.2 Å². The van der Waals surface area contributed by atoms with Crippen LogP contribution in [0.2, 0.25) is 0 Å². The molecule has 4 aromatic rings. The summed E-state index contributed by atoms with van der Waals surface area (Å²) in [5, 5.41) is 14.4. The number of amides is 1. The molecule has 0 saturated heterocycles. The summed E-state index contributed by atoms with van der Waals surface area (Å²) < 4.78 is 7.14. The zero-order chi connectivity index (χ0) is 26.4. The van der Waals surface area contributed by atoms with Gasteiger partial charge in [-0.3, -0.25) is 4.79 Å². The second-order valence-corrected chi connectivity index (χ2v) is 9.45. The maximum Gasteiger partial charge on any atom is 0.356 e. The molecule has 0 spiro atoms. The Morgan fingerprint density at radius 1 is 1.11 bits per heavy atom. The van der Waals surface area contributed by atoms with E-state index >= 15 is 0 Å². The van der Waals surface area contributed by atoms with Gasteiger partial charge in [0.2, 0.25) is 5.82 Å². The molecule has 10 heteroatoms. The van der Waals surface area contributed by atoms with E-state index in [0.29, 0.717) is 34.9 Å². The number of rotatable bonds is 9. The first-order chi connectivity index (χ1) is 17.9. The molecule has 0 saturated carbocycles. The number of aromatic amines is 1. The summed E-state index contributed by atoms with van der Waals surface area (Å²) in [6, 6.07) is 15.8. The SMILES string of the molecule is C=C(C)C(=O)N=c1sc(CCC)c(C(=O)OCC)n1Cc1ccc(-c2ccccc2-c2nn[nH]n2)cc1. The normalized spacial score (nSPS) is 11.5. The zero-order valence-corrected chi connectivity index (χ0v) is 21.8. The molecule has 0 aliphatic heterocycles. The number of hydrogen-bond donors (Lipinski definition) is 1. The predicted molar refractivity (Wildman–Crippen MR) is 142 cm³/mol. The minimum atomic E-state index is -0.419. The third-order valence-corrected chi connectivity index (χ3v) is 6.74. The van der Waals surface area contributed by atoms with Crippen LogP contribution >= 0.6 is 11.3 Å². The maximum atomic E-state index is 13.0. The molecular weight excluding hydrogens is 488 g/mol. The molecule has 9 nitrogen and oxygen atoms in total. The summed E-state index contributed by atoms with van der Waals surface area (Å²) in [4.78, 5) is 31.0. The Bertz CT molecular complexity index is 1480. The predicted octanol–water partition coefficient (Wildman–Crippen LogP) is 4.58. The molecule has 0 bridgehead atoms. The number of hydrogen-bond acceptors (Lipinski definition) is 7. The maximum absolute atomic E-state index is 13.0. The molecule has 1 amide bonds. The number of ether oxygens (including phenoxy) is 1. The largest absolute Gasteiger partial charge is 0.461 e. The van der Waals surface area contributed by atoms with Crippen LogP contribution in [0.15, 0.2) is 65.7 Å². The van der Waals surface area contributed by atoms with Gasteiger partial charge in [0, 0.05) is 16.0 Å². The van der Waals surface area contributed by atoms with Gasteiger partial charge in [0.1, 0.15) is 5.69 Å². The van der Waals surface area contributed by atoms with Crippen molar-refractivity contribution in [1.82, 2.24) is 25.2 Å². The van der Waals surface area contributed by atoms with E-state index in [0.717, 1.165) is 33.6 Å². The van der Waals surface area contributed by atoms with Gasteiger partial charge in [-0.05, 0) is 42.2 Å². The van der Waals surface area contributed by atoms with Crippen LogP contribution in [-0.4, -0.2) is 43.7 Å². The van der Waals surface area contributed by atoms with Gasteiger partial charge in [0.15, 0.2) is 4.80 Å². The monoisotopic (exact) mass is 516 g/mol. The highest BCUT2D eigenvalue weighted by atomic mass is 32.1. The Kier molecular flexibility index (Phi) is 8.19. The molecule has 0 radical (unpaired) electrons. The number of thiazole rings is 1. The lowest BCUT2D eigenvalue weighted by Gasteiger charge is -2.11. The fourth-order valence-corrected chi connectivity index (χ4v) is 5.08. The van der Waals surface area contributed by atoms with E-state index in [-0.39, 0.29) is 6.61 Å². The van der Waals surface area contributed by atoms with Crippen LogP contribution in [0.5, 0.6) is 0 Å². The molecule has 0 fully saturated rings. The lowest BCUT2D eigenvalue weighted by Crippen LogP contribution is -2.23. The highest BCUT2D eigenvalue weighted by Gasteiger charge is 2.22. The molecule has 4 rings (SSSR count). The van der Waals surface area contributed by atoms with E-state index in [1.54, 1.807) is 18.4 Å². The first-order valence-electron chi connectivity index (χ1n) is 12.0. The van der Waals surface area contributed by atoms with Gasteiger partial charge in [-0.15, -0.1) is 21.5 Å². The second kappa shape index (κ2) is 11.7. The number of tetrazole rings is 1. The molecular formula is C27H28N6O3S. The van der Waals surface area contributed by atoms with Crippen LogP contribution in [-0.2, 0) is 22.5 Å². The summed E-state index contributed by atoms with van der Waals surface area (Å²) in [6.07, 6.45) is 1.52. The van der Waals surface area contributed by atoms with Crippen molar-refractivity contribution in [1.29, 1.82) is 0 Å². The van der Waals surface area contributed by atoms with Gasteiger partial charge in [-0.25, -0.2) is 4.79 Å². The quantitative estimate of drug-likeness (QED) is 0.257. The van der Waals surface area contributed by atoms with Gasteiger partial charge in [-0.1, -0.05) is 68.5 Å². The van der Waals surface area contributed by atoms with Crippen LogP contribution in [0.25, 0.3) is 22.5 Å². The number of H-pyrrole nitrogens is 1. The third kappa shape index (κ3) is 5.80. The second-order valence-electron chi connectivity index (χ2n) is 8.39. The van der Waals surface area contributed by atoms with E-state index in [4.69, 9.17) is 4.74 Å². The Morgan fingerprint density at radius 2 is 1.84 bits per heavy atom. The average Bonchev–Trinajstić information content (AvgIpc) is 3.54. The Morgan fingerprint density at radius 3 is 2.46 bits per heavy atom. The van der Waals surface area contributed by atoms with Crippen LogP contribution in [0.1, 0.15) is 48.1 Å². The van der Waals surface area contributed by atoms with E-state index in [2.05, 4.69) is 32.2 Å². The van der Waals surface area contributed by atoms with E-state index in [1.807, 2.05) is 55.5 Å². The molecule has 0 aliphatic carbocycles. The minimum Gasteiger partial charge on any atom is -0.461 e. The van der Waals surface area contributed by atoms with E-state index in [9.17, 15) is 9.59 Å². The highest BCUT2D eigenvalue weighted by Crippen LogP contribution is 2.30. The zero-order valence-electron chi connectivity index (χ0n) is 21.0. The van der Waals surface area contributed by atoms with Gasteiger partial charge < -0.3 is 9.30 Å². The van der Waals surface area contributed by atoms with Crippen LogP contribution in [0, 0.1) is 0 Å². The van der Waals surface area contributed by atoms with Gasteiger partial charge in [-0.2, -0.15) is 10.2 Å². The molecule has 0 aliphatic rings. The first kappa shape index (κ1) is 25.9. The smallest absolute Gasteiger partial charge is 0.356 e. The highest BCUT2D eigenvalue weighted by molar-refractivity contribution is 7.09. The lowest BCUT2D eigenvalue weighted by molar-refractivity contribution is -0.114. The van der Waals surface area contributed by atoms with Crippen molar-refractivity contribution in [2.75, 3.05) is 6.61 Å². The summed E-state index contributed by atoms with van der Waals surface area (Å²) in [6.45, 7) is 9.74. The molecule has 2 aromatic heterocycles. The number of nitrogens with one attached hydrogen (secondary N) is 1. The summed E-state index contributed by atoms with van der Waals surface area (Å²) in [7, 11) is 0. The topological polar surface area (TPSA) is 115 Å². The van der Waals surface area contributed by atoms with Gasteiger partial charge in [0.25, 0.3) is 5.91 Å². The number of esters is 1. The lowest BCUT2D eigenvalue weighted by atomic mass is 9.98. The van der Waals surface area contributed by atoms with Crippen molar-refractivity contribution in [2.45, 2.75) is 40.2 Å². The van der Waals surface area contributed by atoms with Crippen LogP contribution in [0.4, 0.5) is 0 Å². The fourth-order valence-electron chi connectivity index (χ4n) is 3.87. The fraction of sp³-hybridized carbons (Fsp3) is 0.259. The van der Waals surface area contributed by atoms with Crippen molar-refractivity contribution in [3.05, 3.63) is 81.6 Å². The molecule has 0 unspecified atom stereocenters.